The monoisotopic (exact) mass is 271 g/mol. The molecule has 2 aliphatic rings. The Morgan fingerprint density at radius 2 is 2.25 bits per heavy atom. The fraction of sp³-hybridized carbons (Fsp3) is 0.467. The lowest BCUT2D eigenvalue weighted by molar-refractivity contribution is 0.185. The highest BCUT2D eigenvalue weighted by molar-refractivity contribution is 5.59. The van der Waals surface area contributed by atoms with Gasteiger partial charge < -0.3 is 14.6 Å². The van der Waals surface area contributed by atoms with E-state index in [4.69, 9.17) is 9.26 Å². The molecule has 4 rings (SSSR count). The largest absolute Gasteiger partial charge is 0.384 e. The van der Waals surface area contributed by atoms with Crippen molar-refractivity contribution in [1.29, 1.82) is 0 Å². The molecule has 5 heteroatoms. The summed E-state index contributed by atoms with van der Waals surface area (Å²) in [4.78, 5) is 4.58. The van der Waals surface area contributed by atoms with Gasteiger partial charge in [0.05, 0.1) is 5.92 Å². The highest BCUT2D eigenvalue weighted by atomic mass is 16.5. The van der Waals surface area contributed by atoms with Gasteiger partial charge in [-0.3, -0.25) is 0 Å². The molecule has 5 nitrogen and oxygen atoms in total. The van der Waals surface area contributed by atoms with Crippen LogP contribution < -0.4 is 5.32 Å². The molecule has 0 amide bonds. The van der Waals surface area contributed by atoms with Crippen LogP contribution in [0, 0.1) is 5.92 Å². The third-order valence-corrected chi connectivity index (χ3v) is 4.11. The molecule has 0 spiro atoms. The van der Waals surface area contributed by atoms with Crippen molar-refractivity contribution in [2.24, 2.45) is 5.92 Å². The average molecular weight is 271 g/mol. The van der Waals surface area contributed by atoms with Gasteiger partial charge in [-0.05, 0) is 24.0 Å². The van der Waals surface area contributed by atoms with E-state index in [0.29, 0.717) is 5.92 Å². The number of benzene rings is 1. The lowest BCUT2D eigenvalue weighted by Gasteiger charge is -2.03. The van der Waals surface area contributed by atoms with Gasteiger partial charge in [-0.15, -0.1) is 0 Å². The van der Waals surface area contributed by atoms with Crippen LogP contribution in [-0.2, 0) is 11.2 Å². The molecular formula is C15H17N3O2. The van der Waals surface area contributed by atoms with Crippen molar-refractivity contribution in [2.45, 2.75) is 18.8 Å². The SMILES string of the molecule is c1ccc2c(c1)NCC2c1nc(CC2CCOC2)no1. The summed E-state index contributed by atoms with van der Waals surface area (Å²) in [5.41, 5.74) is 2.41. The zero-order valence-electron chi connectivity index (χ0n) is 11.2. The minimum absolute atomic E-state index is 0.173. The zero-order chi connectivity index (χ0) is 13.4. The van der Waals surface area contributed by atoms with Crippen LogP contribution in [0.3, 0.4) is 0 Å². The van der Waals surface area contributed by atoms with E-state index in [9.17, 15) is 0 Å². The standard InChI is InChI=1S/C15H17N3O2/c1-2-4-13-11(3-1)12(8-16-13)15-17-14(18-20-15)7-10-5-6-19-9-10/h1-4,10,12,16H,5-9H2. The van der Waals surface area contributed by atoms with E-state index in [1.165, 1.54) is 11.3 Å². The van der Waals surface area contributed by atoms with Gasteiger partial charge in [-0.1, -0.05) is 23.4 Å². The first-order valence-electron chi connectivity index (χ1n) is 7.13. The Morgan fingerprint density at radius 1 is 1.30 bits per heavy atom. The molecule has 2 aliphatic heterocycles. The highest BCUT2D eigenvalue weighted by Crippen LogP contribution is 2.35. The Hall–Kier alpha value is -1.88. The first-order chi connectivity index (χ1) is 9.90. The van der Waals surface area contributed by atoms with Gasteiger partial charge in [-0.2, -0.15) is 4.98 Å². The van der Waals surface area contributed by atoms with Gasteiger partial charge in [0.1, 0.15) is 0 Å². The maximum Gasteiger partial charge on any atom is 0.236 e. The van der Waals surface area contributed by atoms with Crippen molar-refractivity contribution in [3.8, 4) is 0 Å². The van der Waals surface area contributed by atoms with Crippen molar-refractivity contribution in [1.82, 2.24) is 10.1 Å². The summed E-state index contributed by atoms with van der Waals surface area (Å²) in [6.07, 6.45) is 1.95. The Balaban J connectivity index is 1.54. The number of nitrogens with one attached hydrogen (secondary N) is 1. The van der Waals surface area contributed by atoms with Crippen molar-refractivity contribution >= 4 is 5.69 Å². The van der Waals surface area contributed by atoms with Crippen LogP contribution in [0.25, 0.3) is 0 Å². The summed E-state index contributed by atoms with van der Waals surface area (Å²) >= 11 is 0. The molecule has 104 valence electrons. The van der Waals surface area contributed by atoms with E-state index < -0.39 is 0 Å². The van der Waals surface area contributed by atoms with Crippen LogP contribution in [0.15, 0.2) is 28.8 Å². The number of aromatic nitrogens is 2. The van der Waals surface area contributed by atoms with Crippen molar-refractivity contribution in [3.63, 3.8) is 0 Å². The number of rotatable bonds is 3. The second kappa shape index (κ2) is 4.90. The summed E-state index contributed by atoms with van der Waals surface area (Å²) < 4.78 is 10.9. The third-order valence-electron chi connectivity index (χ3n) is 4.11. The number of anilines is 1. The maximum absolute atomic E-state index is 5.47. The van der Waals surface area contributed by atoms with E-state index in [0.717, 1.165) is 44.3 Å². The predicted octanol–water partition coefficient (Wildman–Crippen LogP) is 2.21. The topological polar surface area (TPSA) is 60.2 Å². The third kappa shape index (κ3) is 2.08. The van der Waals surface area contributed by atoms with Gasteiger partial charge in [0.25, 0.3) is 0 Å². The molecule has 1 N–H and O–H groups in total. The molecule has 1 fully saturated rings. The lowest BCUT2D eigenvalue weighted by atomic mass is 10.0. The van der Waals surface area contributed by atoms with E-state index >= 15 is 0 Å². The number of para-hydroxylation sites is 1. The van der Waals surface area contributed by atoms with Crippen LogP contribution in [0.1, 0.15) is 29.6 Å². The molecule has 20 heavy (non-hydrogen) atoms. The molecule has 3 heterocycles. The molecule has 2 unspecified atom stereocenters. The quantitative estimate of drug-likeness (QED) is 0.927. The summed E-state index contributed by atoms with van der Waals surface area (Å²) in [6, 6.07) is 8.29. The summed E-state index contributed by atoms with van der Waals surface area (Å²) in [6.45, 7) is 2.50. The summed E-state index contributed by atoms with van der Waals surface area (Å²) in [7, 11) is 0. The first kappa shape index (κ1) is 11.9. The van der Waals surface area contributed by atoms with Gasteiger partial charge in [0.2, 0.25) is 5.89 Å². The molecule has 2 aromatic rings. The Labute approximate surface area is 117 Å². The maximum atomic E-state index is 5.47. The number of fused-ring (bicyclic) bond motifs is 1. The van der Waals surface area contributed by atoms with Crippen LogP contribution >= 0.6 is 0 Å². The van der Waals surface area contributed by atoms with Crippen LogP contribution in [0.5, 0.6) is 0 Å². The zero-order valence-corrected chi connectivity index (χ0v) is 11.2. The van der Waals surface area contributed by atoms with Crippen molar-refractivity contribution < 1.29 is 9.26 Å². The van der Waals surface area contributed by atoms with Crippen molar-refractivity contribution in [3.05, 3.63) is 41.5 Å². The molecule has 0 bridgehead atoms. The van der Waals surface area contributed by atoms with E-state index in [1.807, 2.05) is 12.1 Å². The van der Waals surface area contributed by atoms with Gasteiger partial charge in [-0.25, -0.2) is 0 Å². The molecule has 0 radical (unpaired) electrons. The molecule has 0 saturated carbocycles. The highest BCUT2D eigenvalue weighted by Gasteiger charge is 2.28. The Bertz CT molecular complexity index is 605. The normalized spacial score (nSPS) is 24.6. The molecule has 1 saturated heterocycles. The summed E-state index contributed by atoms with van der Waals surface area (Å²) in [5.74, 6) is 2.23. The van der Waals surface area contributed by atoms with Gasteiger partial charge in [0.15, 0.2) is 5.82 Å². The van der Waals surface area contributed by atoms with E-state index in [2.05, 4.69) is 27.6 Å². The number of hydrogen-bond donors (Lipinski definition) is 1. The molecule has 1 aromatic carbocycles. The second-order valence-electron chi connectivity index (χ2n) is 5.50. The minimum atomic E-state index is 0.173. The van der Waals surface area contributed by atoms with Gasteiger partial charge in [0, 0.05) is 31.9 Å². The number of hydrogen-bond acceptors (Lipinski definition) is 5. The Kier molecular flexibility index (Phi) is 2.92. The number of nitrogens with zero attached hydrogens (tertiary/aromatic N) is 2. The Morgan fingerprint density at radius 3 is 3.15 bits per heavy atom. The van der Waals surface area contributed by atoms with Crippen LogP contribution in [-0.4, -0.2) is 29.9 Å². The first-order valence-corrected chi connectivity index (χ1v) is 7.13. The number of ether oxygens (including phenoxy) is 1. The van der Waals surface area contributed by atoms with Crippen molar-refractivity contribution in [2.75, 3.05) is 25.1 Å². The van der Waals surface area contributed by atoms with Crippen LogP contribution in [0.4, 0.5) is 5.69 Å². The van der Waals surface area contributed by atoms with Gasteiger partial charge >= 0.3 is 0 Å². The summed E-state index contributed by atoms with van der Waals surface area (Å²) in [5, 5.41) is 7.51. The second-order valence-corrected chi connectivity index (χ2v) is 5.50. The molecule has 0 aliphatic carbocycles. The predicted molar refractivity (Wildman–Crippen MR) is 73.7 cm³/mol. The fourth-order valence-electron chi connectivity index (χ4n) is 3.00. The molecular weight excluding hydrogens is 254 g/mol. The molecule has 1 aromatic heterocycles. The van der Waals surface area contributed by atoms with E-state index in [1.54, 1.807) is 0 Å². The smallest absolute Gasteiger partial charge is 0.236 e. The average Bonchev–Trinajstić information content (AvgIpc) is 3.18. The fourth-order valence-corrected chi connectivity index (χ4v) is 3.00. The minimum Gasteiger partial charge on any atom is -0.384 e. The lowest BCUT2D eigenvalue weighted by Crippen LogP contribution is -2.06. The van der Waals surface area contributed by atoms with Crippen LogP contribution in [0.2, 0.25) is 0 Å². The van der Waals surface area contributed by atoms with E-state index in [-0.39, 0.29) is 5.92 Å². The molecule has 2 atom stereocenters.